The molecule has 0 atom stereocenters. The van der Waals surface area contributed by atoms with Crippen LogP contribution in [-0.4, -0.2) is 16.4 Å². The SMILES string of the molecule is Fc1ccc(OCCn2cccn2)cc1. The molecule has 4 heteroatoms. The van der Waals surface area contributed by atoms with Crippen LogP contribution in [0, 0.1) is 5.82 Å². The third-order valence-corrected chi connectivity index (χ3v) is 1.96. The zero-order valence-electron chi connectivity index (χ0n) is 8.14. The summed E-state index contributed by atoms with van der Waals surface area (Å²) in [5.41, 5.74) is 0. The first-order valence-electron chi connectivity index (χ1n) is 4.70. The van der Waals surface area contributed by atoms with Gasteiger partial charge in [-0.15, -0.1) is 0 Å². The van der Waals surface area contributed by atoms with Gasteiger partial charge in [0.05, 0.1) is 6.54 Å². The number of aromatic nitrogens is 2. The summed E-state index contributed by atoms with van der Waals surface area (Å²) in [7, 11) is 0. The van der Waals surface area contributed by atoms with Crippen molar-refractivity contribution in [2.24, 2.45) is 0 Å². The molecule has 0 amide bonds. The van der Waals surface area contributed by atoms with Gasteiger partial charge < -0.3 is 4.74 Å². The lowest BCUT2D eigenvalue weighted by molar-refractivity contribution is 0.291. The van der Waals surface area contributed by atoms with Gasteiger partial charge in [-0.05, 0) is 30.3 Å². The third-order valence-electron chi connectivity index (χ3n) is 1.96. The highest BCUT2D eigenvalue weighted by atomic mass is 19.1. The maximum Gasteiger partial charge on any atom is 0.123 e. The van der Waals surface area contributed by atoms with Crippen LogP contribution in [0.15, 0.2) is 42.7 Å². The first-order chi connectivity index (χ1) is 7.34. The predicted molar refractivity (Wildman–Crippen MR) is 54.1 cm³/mol. The second-order valence-corrected chi connectivity index (χ2v) is 3.07. The molecule has 0 spiro atoms. The first kappa shape index (κ1) is 9.71. The Hall–Kier alpha value is -1.84. The van der Waals surface area contributed by atoms with Crippen LogP contribution in [0.1, 0.15) is 0 Å². The predicted octanol–water partition coefficient (Wildman–Crippen LogP) is 2.10. The molecule has 3 nitrogen and oxygen atoms in total. The van der Waals surface area contributed by atoms with E-state index in [1.165, 1.54) is 12.1 Å². The topological polar surface area (TPSA) is 27.1 Å². The molecule has 0 bridgehead atoms. The molecule has 2 rings (SSSR count). The summed E-state index contributed by atoms with van der Waals surface area (Å²) in [4.78, 5) is 0. The number of hydrogen-bond donors (Lipinski definition) is 0. The van der Waals surface area contributed by atoms with Crippen LogP contribution in [0.2, 0.25) is 0 Å². The van der Waals surface area contributed by atoms with Gasteiger partial charge in [0.25, 0.3) is 0 Å². The molecule has 0 radical (unpaired) electrons. The van der Waals surface area contributed by atoms with Gasteiger partial charge >= 0.3 is 0 Å². The lowest BCUT2D eigenvalue weighted by atomic mass is 10.3. The van der Waals surface area contributed by atoms with E-state index in [1.807, 2.05) is 12.3 Å². The number of ether oxygens (including phenoxy) is 1. The number of benzene rings is 1. The lowest BCUT2D eigenvalue weighted by Crippen LogP contribution is -2.08. The summed E-state index contributed by atoms with van der Waals surface area (Å²) in [6, 6.07) is 7.83. The molecule has 0 N–H and O–H groups in total. The van der Waals surface area contributed by atoms with Crippen molar-refractivity contribution in [3.05, 3.63) is 48.5 Å². The molecular weight excluding hydrogens is 195 g/mol. The number of halogens is 1. The monoisotopic (exact) mass is 206 g/mol. The second-order valence-electron chi connectivity index (χ2n) is 3.07. The molecule has 0 saturated heterocycles. The first-order valence-corrected chi connectivity index (χ1v) is 4.70. The van der Waals surface area contributed by atoms with E-state index >= 15 is 0 Å². The fourth-order valence-electron chi connectivity index (χ4n) is 1.22. The Morgan fingerprint density at radius 1 is 1.27 bits per heavy atom. The van der Waals surface area contributed by atoms with Crippen molar-refractivity contribution >= 4 is 0 Å². The molecule has 0 saturated carbocycles. The molecular formula is C11H11FN2O. The van der Waals surface area contributed by atoms with Gasteiger partial charge in [-0.3, -0.25) is 4.68 Å². The highest BCUT2D eigenvalue weighted by molar-refractivity contribution is 5.21. The van der Waals surface area contributed by atoms with Gasteiger partial charge in [-0.25, -0.2) is 4.39 Å². The molecule has 0 aliphatic heterocycles. The van der Waals surface area contributed by atoms with Crippen molar-refractivity contribution in [3.63, 3.8) is 0 Å². The number of hydrogen-bond acceptors (Lipinski definition) is 2. The van der Waals surface area contributed by atoms with Crippen molar-refractivity contribution in [3.8, 4) is 5.75 Å². The standard InChI is InChI=1S/C11H11FN2O/c12-10-2-4-11(5-3-10)15-9-8-14-7-1-6-13-14/h1-7H,8-9H2. The van der Waals surface area contributed by atoms with Crippen molar-refractivity contribution in [2.75, 3.05) is 6.61 Å². The quantitative estimate of drug-likeness (QED) is 0.766. The summed E-state index contributed by atoms with van der Waals surface area (Å²) >= 11 is 0. The maximum absolute atomic E-state index is 12.6. The van der Waals surface area contributed by atoms with Crippen LogP contribution < -0.4 is 4.74 Å². The van der Waals surface area contributed by atoms with Crippen molar-refractivity contribution < 1.29 is 9.13 Å². The summed E-state index contributed by atoms with van der Waals surface area (Å²) in [5.74, 6) is 0.415. The second kappa shape index (κ2) is 4.59. The van der Waals surface area contributed by atoms with Gasteiger partial charge in [0.1, 0.15) is 18.2 Å². The Morgan fingerprint density at radius 2 is 2.07 bits per heavy atom. The lowest BCUT2D eigenvalue weighted by Gasteiger charge is -2.05. The largest absolute Gasteiger partial charge is 0.492 e. The van der Waals surface area contributed by atoms with Crippen LogP contribution in [0.25, 0.3) is 0 Å². The van der Waals surface area contributed by atoms with E-state index in [-0.39, 0.29) is 5.82 Å². The van der Waals surface area contributed by atoms with Gasteiger partial charge in [-0.1, -0.05) is 0 Å². The van der Waals surface area contributed by atoms with Gasteiger partial charge in [0.2, 0.25) is 0 Å². The minimum absolute atomic E-state index is 0.255. The summed E-state index contributed by atoms with van der Waals surface area (Å²) in [6.45, 7) is 1.21. The van der Waals surface area contributed by atoms with E-state index in [9.17, 15) is 4.39 Å². The van der Waals surface area contributed by atoms with E-state index in [4.69, 9.17) is 4.74 Å². The maximum atomic E-state index is 12.6. The van der Waals surface area contributed by atoms with E-state index < -0.39 is 0 Å². The molecule has 1 aromatic heterocycles. The molecule has 2 aromatic rings. The van der Waals surface area contributed by atoms with Gasteiger partial charge in [0.15, 0.2) is 0 Å². The average molecular weight is 206 g/mol. The Bertz CT molecular complexity index is 397. The fourth-order valence-corrected chi connectivity index (χ4v) is 1.22. The minimum Gasteiger partial charge on any atom is -0.492 e. The Kier molecular flexibility index (Phi) is 2.97. The summed E-state index contributed by atoms with van der Waals surface area (Å²) in [6.07, 6.45) is 3.59. The van der Waals surface area contributed by atoms with Crippen LogP contribution in [0.3, 0.4) is 0 Å². The number of nitrogens with zero attached hydrogens (tertiary/aromatic N) is 2. The van der Waals surface area contributed by atoms with E-state index in [1.54, 1.807) is 23.0 Å². The highest BCUT2D eigenvalue weighted by Gasteiger charge is 1.95. The highest BCUT2D eigenvalue weighted by Crippen LogP contribution is 2.10. The summed E-state index contributed by atoms with van der Waals surface area (Å²) < 4.78 is 19.8. The van der Waals surface area contributed by atoms with Crippen LogP contribution in [0.5, 0.6) is 5.75 Å². The molecule has 78 valence electrons. The van der Waals surface area contributed by atoms with Crippen LogP contribution in [0.4, 0.5) is 4.39 Å². The zero-order chi connectivity index (χ0) is 10.5. The average Bonchev–Trinajstić information content (AvgIpc) is 2.74. The summed E-state index contributed by atoms with van der Waals surface area (Å²) in [5, 5.41) is 4.04. The van der Waals surface area contributed by atoms with E-state index in [0.717, 1.165) is 0 Å². The molecule has 0 fully saturated rings. The normalized spacial score (nSPS) is 10.2. The van der Waals surface area contributed by atoms with Crippen molar-refractivity contribution in [1.29, 1.82) is 0 Å². The van der Waals surface area contributed by atoms with Crippen LogP contribution >= 0.6 is 0 Å². The van der Waals surface area contributed by atoms with E-state index in [2.05, 4.69) is 5.10 Å². The fraction of sp³-hybridized carbons (Fsp3) is 0.182. The third kappa shape index (κ3) is 2.80. The molecule has 0 unspecified atom stereocenters. The Morgan fingerprint density at radius 3 is 2.73 bits per heavy atom. The molecule has 0 aliphatic carbocycles. The minimum atomic E-state index is -0.255. The van der Waals surface area contributed by atoms with E-state index in [0.29, 0.717) is 18.9 Å². The van der Waals surface area contributed by atoms with Crippen LogP contribution in [-0.2, 0) is 6.54 Å². The van der Waals surface area contributed by atoms with Crippen molar-refractivity contribution in [1.82, 2.24) is 9.78 Å². The zero-order valence-corrected chi connectivity index (χ0v) is 8.14. The Balaban J connectivity index is 1.81. The van der Waals surface area contributed by atoms with Gasteiger partial charge in [0, 0.05) is 12.4 Å². The molecule has 1 aromatic carbocycles. The molecule has 1 heterocycles. The van der Waals surface area contributed by atoms with Crippen molar-refractivity contribution in [2.45, 2.75) is 6.54 Å². The molecule has 15 heavy (non-hydrogen) atoms. The Labute approximate surface area is 87.1 Å². The number of rotatable bonds is 4. The molecule has 0 aliphatic rings. The smallest absolute Gasteiger partial charge is 0.123 e. The van der Waals surface area contributed by atoms with Gasteiger partial charge in [-0.2, -0.15) is 5.10 Å².